The molecule has 96 valence electrons. The van der Waals surface area contributed by atoms with Crippen molar-refractivity contribution in [3.63, 3.8) is 0 Å². The van der Waals surface area contributed by atoms with Crippen LogP contribution in [0, 0.1) is 33.3 Å². The van der Waals surface area contributed by atoms with Gasteiger partial charge in [0, 0.05) is 18.3 Å². The fourth-order valence-corrected chi connectivity index (χ4v) is 5.85. The maximum Gasteiger partial charge on any atom is 0.272 e. The first-order valence-electron chi connectivity index (χ1n) is 6.72. The summed E-state index contributed by atoms with van der Waals surface area (Å²) in [6.45, 7) is 1.73. The van der Waals surface area contributed by atoms with Gasteiger partial charge in [-0.15, -0.1) is 0 Å². The van der Waals surface area contributed by atoms with Crippen molar-refractivity contribution < 1.29 is 4.92 Å². The van der Waals surface area contributed by atoms with Crippen LogP contribution >= 0.6 is 15.9 Å². The molecule has 0 aliphatic heterocycles. The van der Waals surface area contributed by atoms with E-state index in [4.69, 9.17) is 0 Å². The molecule has 0 amide bonds. The minimum atomic E-state index is -0.918. The third-order valence-corrected chi connectivity index (χ3v) is 5.81. The summed E-state index contributed by atoms with van der Waals surface area (Å²) in [5, 5.41) is 11.1. The number of rotatable bonds is 3. The zero-order valence-corrected chi connectivity index (χ0v) is 11.9. The monoisotopic (exact) mass is 301 g/mol. The van der Waals surface area contributed by atoms with E-state index in [9.17, 15) is 10.1 Å². The van der Waals surface area contributed by atoms with Crippen molar-refractivity contribution in [2.75, 3.05) is 0 Å². The maximum atomic E-state index is 11.1. The summed E-state index contributed by atoms with van der Waals surface area (Å²) in [6, 6.07) is 0. The van der Waals surface area contributed by atoms with Crippen LogP contribution in [0.2, 0.25) is 0 Å². The number of alkyl halides is 1. The molecule has 4 rings (SSSR count). The second-order valence-electron chi connectivity index (χ2n) is 6.99. The standard InChI is InChI=1S/C13H20BrNO2/c1-12(14,15(16)17)8-13-5-9-2-10(6-13)4-11(3-9)7-13/h9-11H,2-8H2,1H3. The van der Waals surface area contributed by atoms with Gasteiger partial charge in [-0.3, -0.25) is 10.1 Å². The van der Waals surface area contributed by atoms with E-state index in [1.807, 2.05) is 0 Å². The van der Waals surface area contributed by atoms with Crippen LogP contribution in [-0.4, -0.2) is 9.37 Å². The zero-order valence-electron chi connectivity index (χ0n) is 10.3. The lowest BCUT2D eigenvalue weighted by Gasteiger charge is -2.57. The highest BCUT2D eigenvalue weighted by Crippen LogP contribution is 2.62. The van der Waals surface area contributed by atoms with Crippen LogP contribution in [0.15, 0.2) is 0 Å². The summed E-state index contributed by atoms with van der Waals surface area (Å²) in [5.74, 6) is 2.61. The van der Waals surface area contributed by atoms with Gasteiger partial charge in [-0.2, -0.15) is 0 Å². The smallest absolute Gasteiger partial charge is 0.263 e. The highest BCUT2D eigenvalue weighted by molar-refractivity contribution is 9.10. The second-order valence-corrected chi connectivity index (χ2v) is 8.70. The Bertz CT molecular complexity index is 318. The molecule has 0 saturated heterocycles. The van der Waals surface area contributed by atoms with Crippen LogP contribution in [0.25, 0.3) is 0 Å². The van der Waals surface area contributed by atoms with Gasteiger partial charge in [0.25, 0.3) is 4.45 Å². The van der Waals surface area contributed by atoms with Crippen molar-refractivity contribution >= 4 is 15.9 Å². The quantitative estimate of drug-likeness (QED) is 0.342. The second kappa shape index (κ2) is 3.69. The van der Waals surface area contributed by atoms with Crippen LogP contribution in [0.1, 0.15) is 51.9 Å². The third kappa shape index (κ3) is 2.02. The molecule has 0 radical (unpaired) electrons. The Kier molecular flexibility index (Phi) is 2.59. The number of halogens is 1. The van der Waals surface area contributed by atoms with Crippen LogP contribution in [0.5, 0.6) is 0 Å². The van der Waals surface area contributed by atoms with Gasteiger partial charge >= 0.3 is 0 Å². The molecule has 3 nitrogen and oxygen atoms in total. The third-order valence-electron chi connectivity index (χ3n) is 5.24. The predicted molar refractivity (Wildman–Crippen MR) is 69.5 cm³/mol. The maximum absolute atomic E-state index is 11.1. The number of hydrogen-bond donors (Lipinski definition) is 0. The highest BCUT2D eigenvalue weighted by atomic mass is 79.9. The van der Waals surface area contributed by atoms with Crippen molar-refractivity contribution in [2.45, 2.75) is 56.3 Å². The van der Waals surface area contributed by atoms with E-state index in [-0.39, 0.29) is 10.3 Å². The van der Waals surface area contributed by atoms with Gasteiger partial charge in [0.15, 0.2) is 0 Å². The van der Waals surface area contributed by atoms with Gasteiger partial charge in [0.05, 0.1) is 0 Å². The predicted octanol–water partition coefficient (Wildman–Crippen LogP) is 3.98. The molecule has 17 heavy (non-hydrogen) atoms. The van der Waals surface area contributed by atoms with E-state index < -0.39 is 4.45 Å². The molecule has 0 spiro atoms. The molecule has 1 unspecified atom stereocenters. The summed E-state index contributed by atoms with van der Waals surface area (Å²) in [4.78, 5) is 11.0. The highest BCUT2D eigenvalue weighted by Gasteiger charge is 2.55. The average Bonchev–Trinajstić information content (AvgIpc) is 2.12. The van der Waals surface area contributed by atoms with Crippen LogP contribution in [-0.2, 0) is 0 Å². The molecule has 4 heteroatoms. The summed E-state index contributed by atoms with van der Waals surface area (Å²) in [6.07, 6.45) is 8.65. The molecule has 4 aliphatic carbocycles. The molecule has 0 aromatic carbocycles. The van der Waals surface area contributed by atoms with E-state index in [2.05, 4.69) is 15.9 Å². The molecule has 4 fully saturated rings. The Labute approximate surface area is 111 Å². The minimum Gasteiger partial charge on any atom is -0.263 e. The van der Waals surface area contributed by atoms with E-state index in [1.165, 1.54) is 38.5 Å². The van der Waals surface area contributed by atoms with Crippen LogP contribution in [0.4, 0.5) is 0 Å². The minimum absolute atomic E-state index is 0.147. The van der Waals surface area contributed by atoms with Crippen molar-refractivity contribution in [2.24, 2.45) is 23.2 Å². The lowest BCUT2D eigenvalue weighted by atomic mass is 9.48. The molecule has 4 bridgehead atoms. The fourth-order valence-electron chi connectivity index (χ4n) is 5.26. The van der Waals surface area contributed by atoms with Crippen LogP contribution < -0.4 is 0 Å². The van der Waals surface area contributed by atoms with Gasteiger partial charge in [0.1, 0.15) is 0 Å². The first-order valence-corrected chi connectivity index (χ1v) is 7.51. The summed E-state index contributed by atoms with van der Waals surface area (Å²) < 4.78 is -0.918. The van der Waals surface area contributed by atoms with E-state index in [0.717, 1.165) is 24.2 Å². The van der Waals surface area contributed by atoms with Crippen molar-refractivity contribution in [3.05, 3.63) is 10.1 Å². The Morgan fingerprint density at radius 1 is 1.24 bits per heavy atom. The normalized spacial score (nSPS) is 46.8. The molecule has 0 N–H and O–H groups in total. The van der Waals surface area contributed by atoms with E-state index in [0.29, 0.717) is 0 Å². The lowest BCUT2D eigenvalue weighted by molar-refractivity contribution is -0.535. The largest absolute Gasteiger partial charge is 0.272 e. The zero-order chi connectivity index (χ0) is 12.3. The number of hydrogen-bond acceptors (Lipinski definition) is 2. The SMILES string of the molecule is CC(Br)(CC12CC3CC(CC(C3)C1)C2)[N+](=O)[O-]. The van der Waals surface area contributed by atoms with Gasteiger partial charge in [-0.25, -0.2) is 0 Å². The molecule has 0 aromatic heterocycles. The Balaban J connectivity index is 1.80. The van der Waals surface area contributed by atoms with Crippen LogP contribution in [0.3, 0.4) is 0 Å². The average molecular weight is 302 g/mol. The van der Waals surface area contributed by atoms with Gasteiger partial charge in [0.2, 0.25) is 0 Å². The van der Waals surface area contributed by atoms with Gasteiger partial charge in [-0.1, -0.05) is 0 Å². The molecule has 4 aliphatic rings. The molecular weight excluding hydrogens is 282 g/mol. The summed E-state index contributed by atoms with van der Waals surface area (Å²) >= 11 is 3.34. The molecule has 1 atom stereocenters. The molecular formula is C13H20BrNO2. The van der Waals surface area contributed by atoms with Gasteiger partial charge in [-0.05, 0) is 77.6 Å². The van der Waals surface area contributed by atoms with Crippen molar-refractivity contribution in [1.82, 2.24) is 0 Å². The first kappa shape index (κ1) is 11.9. The van der Waals surface area contributed by atoms with Crippen molar-refractivity contribution in [1.29, 1.82) is 0 Å². The summed E-state index contributed by atoms with van der Waals surface area (Å²) in [5.41, 5.74) is 0.278. The summed E-state index contributed by atoms with van der Waals surface area (Å²) in [7, 11) is 0. The van der Waals surface area contributed by atoms with Crippen molar-refractivity contribution in [3.8, 4) is 0 Å². The Hall–Kier alpha value is -0.120. The first-order chi connectivity index (χ1) is 7.89. The number of nitrogens with zero attached hydrogens (tertiary/aromatic N) is 1. The topological polar surface area (TPSA) is 43.1 Å². The fraction of sp³-hybridized carbons (Fsp3) is 1.00. The molecule has 4 saturated carbocycles. The molecule has 0 aromatic rings. The van der Waals surface area contributed by atoms with Gasteiger partial charge < -0.3 is 0 Å². The van der Waals surface area contributed by atoms with E-state index in [1.54, 1.807) is 6.92 Å². The Morgan fingerprint density at radius 2 is 1.65 bits per heavy atom. The Morgan fingerprint density at radius 3 is 2.00 bits per heavy atom. The molecule has 0 heterocycles. The number of nitro groups is 1. The van der Waals surface area contributed by atoms with E-state index >= 15 is 0 Å². The lowest BCUT2D eigenvalue weighted by Crippen LogP contribution is -2.49.